The van der Waals surface area contributed by atoms with Crippen LogP contribution in [0.25, 0.3) is 0 Å². The first-order valence-corrected chi connectivity index (χ1v) is 4.92. The highest BCUT2D eigenvalue weighted by Crippen LogP contribution is 2.38. The van der Waals surface area contributed by atoms with Crippen molar-refractivity contribution in [3.63, 3.8) is 0 Å². The van der Waals surface area contributed by atoms with Crippen molar-refractivity contribution in [2.24, 2.45) is 5.92 Å². The summed E-state index contributed by atoms with van der Waals surface area (Å²) in [6.45, 7) is 3.27. The lowest BCUT2D eigenvalue weighted by molar-refractivity contribution is 0.235. The topological polar surface area (TPSA) is 12.5 Å². The van der Waals surface area contributed by atoms with Crippen LogP contribution in [0.15, 0.2) is 0 Å². The highest BCUT2D eigenvalue weighted by molar-refractivity contribution is 4.89. The maximum atomic E-state index is 5.40. The van der Waals surface area contributed by atoms with E-state index in [4.69, 9.17) is 4.74 Å². The third-order valence-electron chi connectivity index (χ3n) is 3.08. The van der Waals surface area contributed by atoms with Gasteiger partial charge in [-0.15, -0.1) is 0 Å². The van der Waals surface area contributed by atoms with Gasteiger partial charge in [-0.2, -0.15) is 0 Å². The van der Waals surface area contributed by atoms with Crippen molar-refractivity contribution in [3.05, 3.63) is 0 Å². The summed E-state index contributed by atoms with van der Waals surface area (Å²) in [6.07, 6.45) is 8.63. The fraction of sp³-hybridized carbons (Fsp3) is 1.00. The van der Waals surface area contributed by atoms with Crippen LogP contribution in [0.3, 0.4) is 0 Å². The van der Waals surface area contributed by atoms with Gasteiger partial charge < -0.3 is 4.74 Å². The van der Waals surface area contributed by atoms with Crippen molar-refractivity contribution in [2.75, 3.05) is 6.61 Å². The molecule has 0 bridgehead atoms. The molecule has 2 rings (SSSR count). The Bertz CT molecular complexity index is 132. The summed E-state index contributed by atoms with van der Waals surface area (Å²) in [5, 5.41) is 0. The van der Waals surface area contributed by atoms with Crippen LogP contribution >= 0.6 is 0 Å². The predicted molar refractivity (Wildman–Crippen MR) is 45.5 cm³/mol. The molecule has 1 nitrogen and oxygen atoms in total. The second-order valence-corrected chi connectivity index (χ2v) is 4.45. The highest BCUT2D eigenvalue weighted by Gasteiger charge is 2.40. The Hall–Kier alpha value is -0.0400. The first-order valence-electron chi connectivity index (χ1n) is 4.92. The summed E-state index contributed by atoms with van der Waals surface area (Å²) in [5.41, 5.74) is 0.308. The van der Waals surface area contributed by atoms with Crippen molar-refractivity contribution in [3.8, 4) is 0 Å². The third-order valence-corrected chi connectivity index (χ3v) is 3.08. The lowest BCUT2D eigenvalue weighted by Gasteiger charge is -2.22. The van der Waals surface area contributed by atoms with Crippen LogP contribution in [-0.2, 0) is 4.74 Å². The summed E-state index contributed by atoms with van der Waals surface area (Å²) < 4.78 is 5.40. The van der Waals surface area contributed by atoms with E-state index < -0.39 is 0 Å². The molecule has 1 atom stereocenters. The normalized spacial score (nSPS) is 39.0. The van der Waals surface area contributed by atoms with Crippen molar-refractivity contribution in [2.45, 2.75) is 51.0 Å². The average Bonchev–Trinajstić information content (AvgIpc) is 2.70. The Labute approximate surface area is 69.1 Å². The zero-order valence-corrected chi connectivity index (χ0v) is 7.44. The maximum absolute atomic E-state index is 5.40. The van der Waals surface area contributed by atoms with E-state index in [1.165, 1.54) is 38.5 Å². The molecule has 1 saturated carbocycles. The average molecular weight is 154 g/mol. The van der Waals surface area contributed by atoms with Gasteiger partial charge in [-0.1, -0.05) is 32.1 Å². The van der Waals surface area contributed by atoms with E-state index in [1.807, 2.05) is 0 Å². The third kappa shape index (κ3) is 1.96. The van der Waals surface area contributed by atoms with Crippen molar-refractivity contribution in [1.29, 1.82) is 0 Å². The van der Waals surface area contributed by atoms with Crippen LogP contribution < -0.4 is 0 Å². The molecule has 1 aliphatic heterocycles. The van der Waals surface area contributed by atoms with Crippen molar-refractivity contribution < 1.29 is 4.74 Å². The molecule has 1 aliphatic carbocycles. The van der Waals surface area contributed by atoms with Gasteiger partial charge in [0.15, 0.2) is 0 Å². The zero-order chi connectivity index (χ0) is 7.73. The Kier molecular flexibility index (Phi) is 1.92. The van der Waals surface area contributed by atoms with Gasteiger partial charge in [0, 0.05) is 0 Å². The summed E-state index contributed by atoms with van der Waals surface area (Å²) in [4.78, 5) is 0. The predicted octanol–water partition coefficient (Wildman–Crippen LogP) is 2.75. The lowest BCUT2D eigenvalue weighted by Crippen LogP contribution is -2.15. The zero-order valence-electron chi connectivity index (χ0n) is 7.44. The Morgan fingerprint density at radius 1 is 1.27 bits per heavy atom. The van der Waals surface area contributed by atoms with E-state index in [2.05, 4.69) is 6.92 Å². The molecule has 1 saturated heterocycles. The van der Waals surface area contributed by atoms with E-state index in [0.29, 0.717) is 5.60 Å². The van der Waals surface area contributed by atoms with Crippen molar-refractivity contribution in [1.82, 2.24) is 0 Å². The molecule has 0 aromatic rings. The first kappa shape index (κ1) is 7.60. The molecule has 1 heterocycles. The van der Waals surface area contributed by atoms with Crippen molar-refractivity contribution >= 4 is 0 Å². The fourth-order valence-corrected chi connectivity index (χ4v) is 2.24. The lowest BCUT2D eigenvalue weighted by atomic mass is 9.83. The fourth-order valence-electron chi connectivity index (χ4n) is 2.24. The minimum atomic E-state index is 0.308. The molecular weight excluding hydrogens is 136 g/mol. The van der Waals surface area contributed by atoms with Gasteiger partial charge >= 0.3 is 0 Å². The number of hydrogen-bond acceptors (Lipinski definition) is 1. The van der Waals surface area contributed by atoms with Gasteiger partial charge in [0.05, 0.1) is 12.2 Å². The molecule has 64 valence electrons. The minimum Gasteiger partial charge on any atom is -0.370 e. The molecule has 2 fully saturated rings. The Morgan fingerprint density at radius 2 is 1.91 bits per heavy atom. The van der Waals surface area contributed by atoms with Gasteiger partial charge in [-0.25, -0.2) is 0 Å². The SMILES string of the molecule is CC1(CC2CCCCC2)CO1. The van der Waals surface area contributed by atoms with E-state index in [9.17, 15) is 0 Å². The summed E-state index contributed by atoms with van der Waals surface area (Å²) in [5.74, 6) is 0.983. The van der Waals surface area contributed by atoms with E-state index >= 15 is 0 Å². The molecule has 0 amide bonds. The quantitative estimate of drug-likeness (QED) is 0.557. The van der Waals surface area contributed by atoms with Crippen LogP contribution in [0.1, 0.15) is 45.4 Å². The van der Waals surface area contributed by atoms with E-state index in [-0.39, 0.29) is 0 Å². The molecular formula is C10H18O. The molecule has 1 unspecified atom stereocenters. The standard InChI is InChI=1S/C10H18O/c1-10(8-11-10)7-9-5-3-2-4-6-9/h9H,2-8H2,1H3. The van der Waals surface area contributed by atoms with E-state index in [0.717, 1.165) is 12.5 Å². The number of ether oxygens (including phenoxy) is 1. The second kappa shape index (κ2) is 2.78. The van der Waals surface area contributed by atoms with Gasteiger partial charge in [0.2, 0.25) is 0 Å². The smallest absolute Gasteiger partial charge is 0.0891 e. The van der Waals surface area contributed by atoms with Crippen LogP contribution in [-0.4, -0.2) is 12.2 Å². The van der Waals surface area contributed by atoms with Crippen LogP contribution in [0.5, 0.6) is 0 Å². The molecule has 0 aromatic heterocycles. The number of hydrogen-bond donors (Lipinski definition) is 0. The summed E-state index contributed by atoms with van der Waals surface area (Å²) in [6, 6.07) is 0. The monoisotopic (exact) mass is 154 g/mol. The van der Waals surface area contributed by atoms with Gasteiger partial charge in [-0.3, -0.25) is 0 Å². The van der Waals surface area contributed by atoms with Crippen LogP contribution in [0.4, 0.5) is 0 Å². The van der Waals surface area contributed by atoms with Gasteiger partial charge in [0.1, 0.15) is 0 Å². The molecule has 0 spiro atoms. The maximum Gasteiger partial charge on any atom is 0.0891 e. The summed E-state index contributed by atoms with van der Waals surface area (Å²) in [7, 11) is 0. The minimum absolute atomic E-state index is 0.308. The largest absolute Gasteiger partial charge is 0.370 e. The first-order chi connectivity index (χ1) is 5.29. The van der Waals surface area contributed by atoms with E-state index in [1.54, 1.807) is 0 Å². The molecule has 1 heteroatoms. The van der Waals surface area contributed by atoms with Crippen LogP contribution in [0.2, 0.25) is 0 Å². The highest BCUT2D eigenvalue weighted by atomic mass is 16.6. The summed E-state index contributed by atoms with van der Waals surface area (Å²) >= 11 is 0. The van der Waals surface area contributed by atoms with Gasteiger partial charge in [0.25, 0.3) is 0 Å². The number of rotatable bonds is 2. The Morgan fingerprint density at radius 3 is 2.45 bits per heavy atom. The second-order valence-electron chi connectivity index (χ2n) is 4.45. The van der Waals surface area contributed by atoms with Gasteiger partial charge in [-0.05, 0) is 19.3 Å². The van der Waals surface area contributed by atoms with Crippen LogP contribution in [0, 0.1) is 5.92 Å². The molecule has 0 radical (unpaired) electrons. The number of epoxide rings is 1. The Balaban J connectivity index is 1.76. The molecule has 0 aromatic carbocycles. The molecule has 11 heavy (non-hydrogen) atoms. The molecule has 2 aliphatic rings. The molecule has 0 N–H and O–H groups in total.